The molecule has 1 N–H and O–H groups in total. The zero-order chi connectivity index (χ0) is 19.8. The van der Waals surface area contributed by atoms with E-state index in [0.29, 0.717) is 11.7 Å². The highest BCUT2D eigenvalue weighted by Crippen LogP contribution is 2.26. The van der Waals surface area contributed by atoms with Gasteiger partial charge in [0.05, 0.1) is 0 Å². The molecular formula is C25H25N3O. The van der Waals surface area contributed by atoms with Gasteiger partial charge in [0.2, 0.25) is 0 Å². The molecule has 1 aromatic heterocycles. The molecule has 2 heterocycles. The molecule has 0 bridgehead atoms. The Morgan fingerprint density at radius 3 is 2.28 bits per heavy atom. The maximum Gasteiger partial charge on any atom is 0.270 e. The molecular weight excluding hydrogens is 358 g/mol. The van der Waals surface area contributed by atoms with Crippen LogP contribution in [0.5, 0.6) is 0 Å². The number of aromatic nitrogens is 1. The number of fused-ring (bicyclic) bond motifs is 2. The average molecular weight is 383 g/mol. The molecule has 1 aliphatic heterocycles. The van der Waals surface area contributed by atoms with Gasteiger partial charge in [-0.2, -0.15) is 0 Å². The van der Waals surface area contributed by atoms with Crippen molar-refractivity contribution in [1.29, 1.82) is 0 Å². The van der Waals surface area contributed by atoms with Crippen LogP contribution in [-0.2, 0) is 0 Å². The minimum absolute atomic E-state index is 0.0965. The van der Waals surface area contributed by atoms with Crippen LogP contribution >= 0.6 is 0 Å². The Labute approximate surface area is 170 Å². The Morgan fingerprint density at radius 1 is 0.828 bits per heavy atom. The van der Waals surface area contributed by atoms with Gasteiger partial charge in [-0.25, -0.2) is 0 Å². The molecule has 1 fully saturated rings. The van der Waals surface area contributed by atoms with E-state index in [0.717, 1.165) is 37.1 Å². The van der Waals surface area contributed by atoms with Crippen molar-refractivity contribution in [2.45, 2.75) is 13.0 Å². The smallest absolute Gasteiger partial charge is 0.270 e. The number of amides is 1. The molecule has 1 amide bonds. The summed E-state index contributed by atoms with van der Waals surface area (Å²) in [5.41, 5.74) is 3.03. The third-order valence-electron chi connectivity index (χ3n) is 6.17. The van der Waals surface area contributed by atoms with Crippen LogP contribution in [0.4, 0.5) is 0 Å². The summed E-state index contributed by atoms with van der Waals surface area (Å²) in [5.74, 6) is 0.0965. The summed E-state index contributed by atoms with van der Waals surface area (Å²) >= 11 is 0. The van der Waals surface area contributed by atoms with Gasteiger partial charge in [0, 0.05) is 43.1 Å². The number of carbonyl (C=O) groups excluding carboxylic acids is 1. The number of benzene rings is 3. The van der Waals surface area contributed by atoms with Gasteiger partial charge in [0.25, 0.3) is 5.91 Å². The number of nitrogens with one attached hydrogen (secondary N) is 1. The molecule has 0 spiro atoms. The monoisotopic (exact) mass is 383 g/mol. The zero-order valence-corrected chi connectivity index (χ0v) is 16.6. The van der Waals surface area contributed by atoms with Crippen molar-refractivity contribution < 1.29 is 4.79 Å². The molecule has 4 heteroatoms. The lowest BCUT2D eigenvalue weighted by Crippen LogP contribution is -2.49. The van der Waals surface area contributed by atoms with Crippen LogP contribution in [0, 0.1) is 0 Å². The summed E-state index contributed by atoms with van der Waals surface area (Å²) in [4.78, 5) is 20.6. The predicted molar refractivity (Wildman–Crippen MR) is 118 cm³/mol. The van der Waals surface area contributed by atoms with Gasteiger partial charge in [-0.3, -0.25) is 9.69 Å². The van der Waals surface area contributed by atoms with Crippen LogP contribution in [0.2, 0.25) is 0 Å². The summed E-state index contributed by atoms with van der Waals surface area (Å²) < 4.78 is 0. The lowest BCUT2D eigenvalue weighted by molar-refractivity contribution is 0.0577. The van der Waals surface area contributed by atoms with E-state index in [-0.39, 0.29) is 5.91 Å². The van der Waals surface area contributed by atoms with Gasteiger partial charge in [-0.15, -0.1) is 0 Å². The molecule has 1 aliphatic rings. The van der Waals surface area contributed by atoms with E-state index in [4.69, 9.17) is 0 Å². The average Bonchev–Trinajstić information content (AvgIpc) is 3.22. The molecule has 0 aliphatic carbocycles. The first-order valence-electron chi connectivity index (χ1n) is 10.3. The normalized spacial score (nSPS) is 16.4. The minimum atomic E-state index is 0.0965. The third kappa shape index (κ3) is 3.40. The highest BCUT2D eigenvalue weighted by molar-refractivity contribution is 5.98. The van der Waals surface area contributed by atoms with Crippen molar-refractivity contribution in [1.82, 2.24) is 14.8 Å². The number of carbonyl (C=O) groups is 1. The van der Waals surface area contributed by atoms with Crippen LogP contribution < -0.4 is 0 Å². The predicted octanol–water partition coefficient (Wildman–Crippen LogP) is 4.84. The molecule has 3 aromatic carbocycles. The van der Waals surface area contributed by atoms with Crippen molar-refractivity contribution >= 4 is 27.6 Å². The fourth-order valence-corrected chi connectivity index (χ4v) is 4.35. The number of hydrogen-bond acceptors (Lipinski definition) is 2. The van der Waals surface area contributed by atoms with Crippen LogP contribution in [0.3, 0.4) is 0 Å². The third-order valence-corrected chi connectivity index (χ3v) is 6.17. The molecule has 5 rings (SSSR count). The van der Waals surface area contributed by atoms with Gasteiger partial charge in [0.1, 0.15) is 5.69 Å². The van der Waals surface area contributed by atoms with Crippen LogP contribution in [0.25, 0.3) is 21.7 Å². The highest BCUT2D eigenvalue weighted by Gasteiger charge is 2.26. The quantitative estimate of drug-likeness (QED) is 0.550. The Morgan fingerprint density at radius 2 is 1.52 bits per heavy atom. The first-order valence-corrected chi connectivity index (χ1v) is 10.3. The van der Waals surface area contributed by atoms with E-state index < -0.39 is 0 Å². The largest absolute Gasteiger partial charge is 0.351 e. The van der Waals surface area contributed by atoms with Gasteiger partial charge in [-0.1, -0.05) is 54.6 Å². The molecule has 1 atom stereocenters. The number of piperazine rings is 1. The molecule has 29 heavy (non-hydrogen) atoms. The Hall–Kier alpha value is -3.11. The standard InChI is InChI=1S/C25H25N3O/c1-18(20-11-10-19-6-2-3-7-21(19)16-20)27-12-14-28(15-13-27)25(29)24-17-22-8-4-5-9-23(22)26-24/h2-11,16-18,26H,12-15H2,1H3. The molecule has 0 radical (unpaired) electrons. The second-order valence-electron chi connectivity index (χ2n) is 7.88. The van der Waals surface area contributed by atoms with Crippen LogP contribution in [0.15, 0.2) is 72.8 Å². The maximum absolute atomic E-state index is 12.9. The fraction of sp³-hybridized carbons (Fsp3) is 0.240. The molecule has 4 nitrogen and oxygen atoms in total. The summed E-state index contributed by atoms with van der Waals surface area (Å²) in [6.07, 6.45) is 0. The van der Waals surface area contributed by atoms with Crippen molar-refractivity contribution in [2.24, 2.45) is 0 Å². The Kier molecular flexibility index (Phi) is 4.57. The van der Waals surface area contributed by atoms with Crippen molar-refractivity contribution in [3.05, 3.63) is 84.1 Å². The summed E-state index contributed by atoms with van der Waals surface area (Å²) in [6, 6.07) is 25.5. The van der Waals surface area contributed by atoms with Crippen LogP contribution in [0.1, 0.15) is 29.0 Å². The van der Waals surface area contributed by atoms with Gasteiger partial charge >= 0.3 is 0 Å². The lowest BCUT2D eigenvalue weighted by Gasteiger charge is -2.38. The van der Waals surface area contributed by atoms with E-state index >= 15 is 0 Å². The first kappa shape index (κ1) is 18.0. The highest BCUT2D eigenvalue weighted by atomic mass is 16.2. The number of rotatable bonds is 3. The van der Waals surface area contributed by atoms with Gasteiger partial charge in [0.15, 0.2) is 0 Å². The second-order valence-corrected chi connectivity index (χ2v) is 7.88. The van der Waals surface area contributed by atoms with Crippen molar-refractivity contribution in [2.75, 3.05) is 26.2 Å². The molecule has 1 unspecified atom stereocenters. The number of nitrogens with zero attached hydrogens (tertiary/aromatic N) is 2. The van der Waals surface area contributed by atoms with E-state index in [9.17, 15) is 4.79 Å². The number of H-pyrrole nitrogens is 1. The zero-order valence-electron chi connectivity index (χ0n) is 16.6. The van der Waals surface area contributed by atoms with E-state index in [1.807, 2.05) is 35.2 Å². The van der Waals surface area contributed by atoms with Gasteiger partial charge in [-0.05, 0) is 41.5 Å². The van der Waals surface area contributed by atoms with E-state index in [1.54, 1.807) is 0 Å². The fourth-order valence-electron chi connectivity index (χ4n) is 4.35. The Bertz CT molecular complexity index is 1140. The summed E-state index contributed by atoms with van der Waals surface area (Å²) in [6.45, 7) is 5.55. The van der Waals surface area contributed by atoms with Crippen molar-refractivity contribution in [3.63, 3.8) is 0 Å². The topological polar surface area (TPSA) is 39.3 Å². The second kappa shape index (κ2) is 7.37. The van der Waals surface area contributed by atoms with Crippen molar-refractivity contribution in [3.8, 4) is 0 Å². The summed E-state index contributed by atoms with van der Waals surface area (Å²) in [7, 11) is 0. The molecule has 0 saturated carbocycles. The molecule has 146 valence electrons. The van der Waals surface area contributed by atoms with E-state index in [1.165, 1.54) is 16.3 Å². The summed E-state index contributed by atoms with van der Waals surface area (Å²) in [5, 5.41) is 3.64. The molecule has 1 saturated heterocycles. The number of para-hydroxylation sites is 1. The van der Waals surface area contributed by atoms with E-state index in [2.05, 4.69) is 59.3 Å². The molecule has 4 aromatic rings. The Balaban J connectivity index is 1.27. The number of aromatic amines is 1. The first-order chi connectivity index (χ1) is 14.2. The maximum atomic E-state index is 12.9. The van der Waals surface area contributed by atoms with Crippen LogP contribution in [-0.4, -0.2) is 46.9 Å². The lowest BCUT2D eigenvalue weighted by atomic mass is 10.0. The SMILES string of the molecule is CC(c1ccc2ccccc2c1)N1CCN(C(=O)c2cc3ccccc3[nH]2)CC1. The minimum Gasteiger partial charge on any atom is -0.351 e. The van der Waals surface area contributed by atoms with Gasteiger partial charge < -0.3 is 9.88 Å². The number of hydrogen-bond donors (Lipinski definition) is 1.